The number of thiophene rings is 1. The van der Waals surface area contributed by atoms with Crippen LogP contribution in [0.4, 0.5) is 0 Å². The zero-order valence-electron chi connectivity index (χ0n) is 19.9. The van der Waals surface area contributed by atoms with Gasteiger partial charge in [0, 0.05) is 42.3 Å². The number of aryl methyl sites for hydroxylation is 1. The maximum atomic E-state index is 13.7. The van der Waals surface area contributed by atoms with Crippen molar-refractivity contribution in [2.24, 2.45) is 0 Å². The molecule has 5 nitrogen and oxygen atoms in total. The molecular formula is C29H29N3O2S. The molecule has 6 heteroatoms. The number of amides is 2. The van der Waals surface area contributed by atoms with Crippen LogP contribution in [-0.2, 0) is 29.1 Å². The highest BCUT2D eigenvalue weighted by molar-refractivity contribution is 7.19. The van der Waals surface area contributed by atoms with Gasteiger partial charge in [-0.25, -0.2) is 0 Å². The van der Waals surface area contributed by atoms with Crippen LogP contribution in [0.2, 0.25) is 0 Å². The Bertz CT molecular complexity index is 1420. The van der Waals surface area contributed by atoms with Gasteiger partial charge < -0.3 is 9.80 Å². The molecule has 0 spiro atoms. The highest BCUT2D eigenvalue weighted by Gasteiger charge is 2.42. The molecule has 0 saturated carbocycles. The second-order valence-electron chi connectivity index (χ2n) is 9.52. The van der Waals surface area contributed by atoms with Crippen LogP contribution in [0, 0.1) is 0 Å². The predicted molar refractivity (Wildman–Crippen MR) is 141 cm³/mol. The van der Waals surface area contributed by atoms with Gasteiger partial charge in [-0.05, 0) is 39.8 Å². The van der Waals surface area contributed by atoms with Crippen LogP contribution in [-0.4, -0.2) is 58.7 Å². The van der Waals surface area contributed by atoms with Gasteiger partial charge >= 0.3 is 0 Å². The van der Waals surface area contributed by atoms with Gasteiger partial charge in [0.15, 0.2) is 0 Å². The minimum atomic E-state index is -0.407. The average Bonchev–Trinajstić information content (AvgIpc) is 3.25. The number of hydrogen-bond donors (Lipinski definition) is 0. The molecule has 2 fully saturated rings. The fourth-order valence-electron chi connectivity index (χ4n) is 5.64. The molecule has 1 atom stereocenters. The molecule has 2 amide bonds. The minimum Gasteiger partial charge on any atom is -0.327 e. The molecule has 0 radical (unpaired) electrons. The molecule has 1 unspecified atom stereocenters. The molecule has 35 heavy (non-hydrogen) atoms. The molecule has 178 valence electrons. The van der Waals surface area contributed by atoms with Gasteiger partial charge in [-0.15, -0.1) is 11.3 Å². The van der Waals surface area contributed by atoms with E-state index in [1.165, 1.54) is 36.9 Å². The Morgan fingerprint density at radius 3 is 2.51 bits per heavy atom. The summed E-state index contributed by atoms with van der Waals surface area (Å²) in [5, 5.41) is 3.69. The fourth-order valence-corrected chi connectivity index (χ4v) is 6.80. The van der Waals surface area contributed by atoms with E-state index in [2.05, 4.69) is 78.6 Å². The summed E-state index contributed by atoms with van der Waals surface area (Å²) in [6, 6.07) is 22.8. The number of fused-ring (bicyclic) bond motifs is 3. The van der Waals surface area contributed by atoms with Crippen molar-refractivity contribution in [3.8, 4) is 0 Å². The summed E-state index contributed by atoms with van der Waals surface area (Å²) in [4.78, 5) is 34.0. The highest BCUT2D eigenvalue weighted by atomic mass is 32.1. The molecular weight excluding hydrogens is 454 g/mol. The second kappa shape index (κ2) is 9.10. The van der Waals surface area contributed by atoms with Crippen LogP contribution in [0.5, 0.6) is 0 Å². The van der Waals surface area contributed by atoms with E-state index >= 15 is 0 Å². The van der Waals surface area contributed by atoms with E-state index in [4.69, 9.17) is 0 Å². The highest BCUT2D eigenvalue weighted by Crippen LogP contribution is 2.33. The van der Waals surface area contributed by atoms with Crippen molar-refractivity contribution in [1.82, 2.24) is 14.7 Å². The number of benzene rings is 3. The lowest BCUT2D eigenvalue weighted by Gasteiger charge is -2.46. The topological polar surface area (TPSA) is 43.9 Å². The maximum Gasteiger partial charge on any atom is 0.247 e. The van der Waals surface area contributed by atoms with Gasteiger partial charge in [-0.1, -0.05) is 67.6 Å². The van der Waals surface area contributed by atoms with Gasteiger partial charge in [0.05, 0.1) is 0 Å². The summed E-state index contributed by atoms with van der Waals surface area (Å²) in [6.45, 7) is 5.59. The number of carbonyl (C=O) groups is 2. The van der Waals surface area contributed by atoms with Gasteiger partial charge in [0.25, 0.3) is 0 Å². The van der Waals surface area contributed by atoms with Crippen LogP contribution in [0.3, 0.4) is 0 Å². The first kappa shape index (κ1) is 22.3. The number of rotatable bonds is 5. The quantitative estimate of drug-likeness (QED) is 0.414. The molecule has 0 aliphatic carbocycles. The zero-order valence-corrected chi connectivity index (χ0v) is 20.8. The van der Waals surface area contributed by atoms with E-state index in [9.17, 15) is 9.59 Å². The molecule has 2 aliphatic rings. The largest absolute Gasteiger partial charge is 0.327 e. The zero-order chi connectivity index (χ0) is 23.9. The third kappa shape index (κ3) is 4.01. The van der Waals surface area contributed by atoms with E-state index in [0.717, 1.165) is 19.5 Å². The standard InChI is InChI=1S/C29H29N3O2S/c1-2-26-24(23-12-5-6-13-27(23)35-26)17-31-19-28(33)32-15-14-30(18-25(32)29(31)34)16-21-10-7-9-20-8-3-4-11-22(20)21/h3-13,25H,2,14-19H2,1H3. The molecule has 6 rings (SSSR count). The van der Waals surface area contributed by atoms with E-state index in [0.29, 0.717) is 19.6 Å². The third-order valence-corrected chi connectivity index (χ3v) is 8.79. The monoisotopic (exact) mass is 483 g/mol. The van der Waals surface area contributed by atoms with Crippen molar-refractivity contribution in [3.05, 3.63) is 82.7 Å². The predicted octanol–water partition coefficient (Wildman–Crippen LogP) is 4.67. The lowest BCUT2D eigenvalue weighted by atomic mass is 10.0. The number of hydrogen-bond acceptors (Lipinski definition) is 4. The molecule has 2 aliphatic heterocycles. The van der Waals surface area contributed by atoms with Gasteiger partial charge in [-0.2, -0.15) is 0 Å². The van der Waals surface area contributed by atoms with Crippen LogP contribution < -0.4 is 0 Å². The minimum absolute atomic E-state index is 0.0667. The Balaban J connectivity index is 1.24. The number of nitrogens with zero attached hydrogens (tertiary/aromatic N) is 3. The SMILES string of the molecule is CCc1sc2ccccc2c1CN1CC(=O)N2CCN(Cc3cccc4ccccc34)CC2C1=O. The Morgan fingerprint density at radius 2 is 1.66 bits per heavy atom. The van der Waals surface area contributed by atoms with Crippen molar-refractivity contribution in [1.29, 1.82) is 0 Å². The van der Waals surface area contributed by atoms with Crippen molar-refractivity contribution < 1.29 is 9.59 Å². The smallest absolute Gasteiger partial charge is 0.247 e. The maximum absolute atomic E-state index is 13.7. The second-order valence-corrected chi connectivity index (χ2v) is 10.7. The molecule has 0 bridgehead atoms. The fraction of sp³-hybridized carbons (Fsp3) is 0.310. The summed E-state index contributed by atoms with van der Waals surface area (Å²) in [6.07, 6.45) is 0.930. The van der Waals surface area contributed by atoms with Crippen molar-refractivity contribution in [3.63, 3.8) is 0 Å². The summed E-state index contributed by atoms with van der Waals surface area (Å²) in [7, 11) is 0. The average molecular weight is 484 g/mol. The molecule has 1 aromatic heterocycles. The summed E-state index contributed by atoms with van der Waals surface area (Å²) < 4.78 is 1.25. The van der Waals surface area contributed by atoms with E-state index in [1.54, 1.807) is 16.2 Å². The molecule has 2 saturated heterocycles. The Labute approximate surface area is 209 Å². The van der Waals surface area contributed by atoms with Crippen molar-refractivity contribution in [2.45, 2.75) is 32.5 Å². The van der Waals surface area contributed by atoms with E-state index in [1.807, 2.05) is 4.90 Å². The third-order valence-electron chi connectivity index (χ3n) is 7.43. The molecule has 3 aromatic carbocycles. The summed E-state index contributed by atoms with van der Waals surface area (Å²) in [5.74, 6) is 0.140. The Morgan fingerprint density at radius 1 is 0.886 bits per heavy atom. The molecule has 3 heterocycles. The molecule has 0 N–H and O–H groups in total. The van der Waals surface area contributed by atoms with Crippen LogP contribution in [0.1, 0.15) is 22.9 Å². The Kier molecular flexibility index (Phi) is 5.78. The first-order chi connectivity index (χ1) is 17.1. The number of carbonyl (C=O) groups excluding carboxylic acids is 2. The van der Waals surface area contributed by atoms with Crippen molar-refractivity contribution >= 4 is 44.0 Å². The summed E-state index contributed by atoms with van der Waals surface area (Å²) >= 11 is 1.80. The van der Waals surface area contributed by atoms with Gasteiger partial charge in [0.2, 0.25) is 11.8 Å². The van der Waals surface area contributed by atoms with Crippen LogP contribution in [0.15, 0.2) is 66.7 Å². The Hall–Kier alpha value is -3.22. The first-order valence-corrected chi connectivity index (χ1v) is 13.2. The van der Waals surface area contributed by atoms with E-state index < -0.39 is 6.04 Å². The van der Waals surface area contributed by atoms with Gasteiger partial charge in [-0.3, -0.25) is 14.5 Å². The lowest BCUT2D eigenvalue weighted by molar-refractivity contribution is -0.160. The van der Waals surface area contributed by atoms with Crippen molar-refractivity contribution in [2.75, 3.05) is 26.2 Å². The first-order valence-electron chi connectivity index (χ1n) is 12.4. The summed E-state index contributed by atoms with van der Waals surface area (Å²) in [5.41, 5.74) is 2.46. The normalized spacial score (nSPS) is 19.1. The lowest BCUT2D eigenvalue weighted by Crippen LogP contribution is -2.66. The van der Waals surface area contributed by atoms with E-state index in [-0.39, 0.29) is 18.4 Å². The van der Waals surface area contributed by atoms with Crippen LogP contribution >= 0.6 is 11.3 Å². The molecule has 4 aromatic rings. The van der Waals surface area contributed by atoms with Crippen LogP contribution in [0.25, 0.3) is 20.9 Å². The van der Waals surface area contributed by atoms with Gasteiger partial charge in [0.1, 0.15) is 12.6 Å². The number of piperazine rings is 2.